The molecular formula is C24H26N4O3S2. The van der Waals surface area contributed by atoms with Gasteiger partial charge in [-0.15, -0.1) is 11.8 Å². The standard InChI is InChI=1S/C24H26N4O3S2/c1-5-32-23-26-21-20(33-23)22(30)28(17-10-7-14(2)8-11-17)24(31)27(21)13-19(29)25-18-12-15(3)6-9-16(18)4/h6-12,20-21H,5,13H2,1-4H3,(H,25,29). The molecule has 4 amide bonds. The zero-order valence-corrected chi connectivity index (χ0v) is 20.6. The van der Waals surface area contributed by atoms with Crippen LogP contribution in [0.4, 0.5) is 16.2 Å². The Kier molecular flexibility index (Phi) is 6.81. The molecule has 1 N–H and O–H groups in total. The first kappa shape index (κ1) is 23.4. The van der Waals surface area contributed by atoms with Gasteiger partial charge in [-0.3, -0.25) is 14.5 Å². The van der Waals surface area contributed by atoms with E-state index < -0.39 is 17.4 Å². The van der Waals surface area contributed by atoms with E-state index >= 15 is 0 Å². The number of amides is 4. The summed E-state index contributed by atoms with van der Waals surface area (Å²) in [5.41, 5.74) is 4.19. The van der Waals surface area contributed by atoms with Gasteiger partial charge in [0.05, 0.1) is 5.69 Å². The number of anilines is 2. The molecule has 9 heteroatoms. The molecule has 0 bridgehead atoms. The predicted octanol–water partition coefficient (Wildman–Crippen LogP) is 4.57. The van der Waals surface area contributed by atoms with Crippen molar-refractivity contribution < 1.29 is 14.4 Å². The molecule has 1 fully saturated rings. The van der Waals surface area contributed by atoms with E-state index in [9.17, 15) is 14.4 Å². The van der Waals surface area contributed by atoms with E-state index in [1.54, 1.807) is 12.1 Å². The molecular weight excluding hydrogens is 456 g/mol. The number of hydrogen-bond acceptors (Lipinski definition) is 6. The van der Waals surface area contributed by atoms with Crippen molar-refractivity contribution in [3.05, 3.63) is 59.2 Å². The Balaban J connectivity index is 1.63. The topological polar surface area (TPSA) is 82.1 Å². The molecule has 2 aromatic carbocycles. The molecule has 0 aromatic heterocycles. The largest absolute Gasteiger partial charge is 0.333 e. The Labute approximate surface area is 202 Å². The Morgan fingerprint density at radius 1 is 1.09 bits per heavy atom. The van der Waals surface area contributed by atoms with Gasteiger partial charge >= 0.3 is 6.03 Å². The van der Waals surface area contributed by atoms with Crippen LogP contribution < -0.4 is 10.2 Å². The van der Waals surface area contributed by atoms with Crippen molar-refractivity contribution >= 4 is 57.1 Å². The number of aliphatic imine (C=N–C) groups is 1. The predicted molar refractivity (Wildman–Crippen MR) is 136 cm³/mol. The molecule has 7 nitrogen and oxygen atoms in total. The fraction of sp³-hybridized carbons (Fsp3) is 0.333. The molecule has 2 aliphatic rings. The zero-order valence-electron chi connectivity index (χ0n) is 19.0. The van der Waals surface area contributed by atoms with Crippen molar-refractivity contribution in [2.45, 2.75) is 39.1 Å². The van der Waals surface area contributed by atoms with Crippen LogP contribution in [-0.2, 0) is 9.59 Å². The van der Waals surface area contributed by atoms with Crippen LogP contribution in [0.25, 0.3) is 0 Å². The highest BCUT2D eigenvalue weighted by Gasteiger charge is 2.51. The van der Waals surface area contributed by atoms with Crippen molar-refractivity contribution in [1.29, 1.82) is 0 Å². The molecule has 172 valence electrons. The number of fused-ring (bicyclic) bond motifs is 1. The number of hydrogen-bond donors (Lipinski definition) is 1. The second kappa shape index (κ2) is 9.61. The number of rotatable bonds is 5. The maximum absolute atomic E-state index is 13.5. The first-order valence-electron chi connectivity index (χ1n) is 10.7. The summed E-state index contributed by atoms with van der Waals surface area (Å²) in [5.74, 6) is 0.175. The van der Waals surface area contributed by atoms with Gasteiger partial charge in [0.25, 0.3) is 5.91 Å². The van der Waals surface area contributed by atoms with Gasteiger partial charge in [0.1, 0.15) is 22.3 Å². The monoisotopic (exact) mass is 482 g/mol. The van der Waals surface area contributed by atoms with Gasteiger partial charge in [-0.25, -0.2) is 14.7 Å². The van der Waals surface area contributed by atoms with Crippen molar-refractivity contribution in [3.63, 3.8) is 0 Å². The van der Waals surface area contributed by atoms with Crippen LogP contribution >= 0.6 is 23.5 Å². The van der Waals surface area contributed by atoms with Crippen LogP contribution in [0, 0.1) is 20.8 Å². The fourth-order valence-electron chi connectivity index (χ4n) is 3.75. The van der Waals surface area contributed by atoms with Crippen LogP contribution in [0.1, 0.15) is 23.6 Å². The number of aryl methyl sites for hydroxylation is 3. The van der Waals surface area contributed by atoms with E-state index in [1.165, 1.54) is 33.3 Å². The van der Waals surface area contributed by atoms with E-state index in [0.717, 1.165) is 26.8 Å². The van der Waals surface area contributed by atoms with Gasteiger partial charge in [-0.05, 0) is 55.9 Å². The van der Waals surface area contributed by atoms with Gasteiger partial charge in [0, 0.05) is 5.69 Å². The Bertz CT molecular complexity index is 1130. The summed E-state index contributed by atoms with van der Waals surface area (Å²) in [6.45, 7) is 7.63. The second-order valence-electron chi connectivity index (χ2n) is 8.07. The number of nitrogens with one attached hydrogen (secondary N) is 1. The summed E-state index contributed by atoms with van der Waals surface area (Å²) in [4.78, 5) is 47.0. The quantitative estimate of drug-likeness (QED) is 0.675. The van der Waals surface area contributed by atoms with Gasteiger partial charge in [0.15, 0.2) is 0 Å². The summed E-state index contributed by atoms with van der Waals surface area (Å²) >= 11 is 2.90. The van der Waals surface area contributed by atoms with Crippen LogP contribution in [0.15, 0.2) is 47.5 Å². The van der Waals surface area contributed by atoms with Gasteiger partial charge < -0.3 is 5.32 Å². The molecule has 4 rings (SSSR count). The summed E-state index contributed by atoms with van der Waals surface area (Å²) in [6, 6.07) is 12.5. The molecule has 2 heterocycles. The minimum absolute atomic E-state index is 0.197. The summed E-state index contributed by atoms with van der Waals surface area (Å²) in [5, 5.41) is 2.33. The van der Waals surface area contributed by atoms with Crippen LogP contribution in [0.3, 0.4) is 0 Å². The third-order valence-corrected chi connectivity index (χ3v) is 7.79. The van der Waals surface area contributed by atoms with E-state index in [0.29, 0.717) is 11.4 Å². The number of nitrogens with zero attached hydrogens (tertiary/aromatic N) is 3. The lowest BCUT2D eigenvalue weighted by atomic mass is 10.1. The van der Waals surface area contributed by atoms with E-state index in [-0.39, 0.29) is 18.4 Å². The third kappa shape index (κ3) is 4.79. The highest BCUT2D eigenvalue weighted by Crippen LogP contribution is 2.39. The van der Waals surface area contributed by atoms with Crippen molar-refractivity contribution in [2.24, 2.45) is 4.99 Å². The first-order valence-corrected chi connectivity index (χ1v) is 12.6. The average Bonchev–Trinajstić information content (AvgIpc) is 3.19. The fourth-order valence-corrected chi connectivity index (χ4v) is 6.04. The molecule has 2 unspecified atom stereocenters. The number of carbonyl (C=O) groups excluding carboxylic acids is 3. The molecule has 2 atom stereocenters. The zero-order chi connectivity index (χ0) is 23.7. The van der Waals surface area contributed by atoms with Gasteiger partial charge in [-0.2, -0.15) is 0 Å². The molecule has 0 aliphatic carbocycles. The van der Waals surface area contributed by atoms with Crippen molar-refractivity contribution in [1.82, 2.24) is 4.90 Å². The van der Waals surface area contributed by atoms with Crippen LogP contribution in [0.5, 0.6) is 0 Å². The molecule has 33 heavy (non-hydrogen) atoms. The van der Waals surface area contributed by atoms with E-state index in [4.69, 9.17) is 0 Å². The van der Waals surface area contributed by atoms with Crippen LogP contribution in [0.2, 0.25) is 0 Å². The Morgan fingerprint density at radius 3 is 2.48 bits per heavy atom. The number of carbonyl (C=O) groups is 3. The number of urea groups is 1. The molecule has 0 spiro atoms. The lowest BCUT2D eigenvalue weighted by Crippen LogP contribution is -2.63. The molecule has 0 saturated carbocycles. The lowest BCUT2D eigenvalue weighted by molar-refractivity contribution is -0.122. The van der Waals surface area contributed by atoms with Gasteiger partial charge in [0.2, 0.25) is 5.91 Å². The average molecular weight is 483 g/mol. The maximum Gasteiger partial charge on any atom is 0.333 e. The lowest BCUT2D eigenvalue weighted by Gasteiger charge is -2.39. The normalized spacial score (nSPS) is 20.1. The Hall–Kier alpha value is -2.78. The number of thioether (sulfide) groups is 2. The number of benzene rings is 2. The maximum atomic E-state index is 13.5. The SMILES string of the molecule is CCSC1=NC2C(S1)C(=O)N(c1ccc(C)cc1)C(=O)N2CC(=O)Nc1cc(C)ccc1C. The molecule has 0 radical (unpaired) electrons. The smallest absolute Gasteiger partial charge is 0.324 e. The Morgan fingerprint density at radius 2 is 1.79 bits per heavy atom. The van der Waals surface area contributed by atoms with Crippen LogP contribution in [-0.4, -0.2) is 50.8 Å². The highest BCUT2D eigenvalue weighted by molar-refractivity contribution is 8.39. The molecule has 2 aliphatic heterocycles. The van der Waals surface area contributed by atoms with E-state index in [2.05, 4.69) is 10.3 Å². The van der Waals surface area contributed by atoms with E-state index in [1.807, 2.05) is 58.0 Å². The summed E-state index contributed by atoms with van der Waals surface area (Å²) in [6.07, 6.45) is -0.699. The first-order chi connectivity index (χ1) is 15.8. The van der Waals surface area contributed by atoms with Crippen molar-refractivity contribution in [3.8, 4) is 0 Å². The molecule has 2 aromatic rings. The van der Waals surface area contributed by atoms with Crippen molar-refractivity contribution in [2.75, 3.05) is 22.5 Å². The second-order valence-corrected chi connectivity index (χ2v) is 10.7. The third-order valence-electron chi connectivity index (χ3n) is 5.50. The number of imide groups is 1. The minimum Gasteiger partial charge on any atom is -0.324 e. The summed E-state index contributed by atoms with van der Waals surface area (Å²) < 4.78 is 0.763. The van der Waals surface area contributed by atoms with Gasteiger partial charge in [-0.1, -0.05) is 48.5 Å². The minimum atomic E-state index is -0.699. The molecule has 1 saturated heterocycles. The highest BCUT2D eigenvalue weighted by atomic mass is 32.2. The summed E-state index contributed by atoms with van der Waals surface area (Å²) in [7, 11) is 0.